The third-order valence-electron chi connectivity index (χ3n) is 1.95. The van der Waals surface area contributed by atoms with Gasteiger partial charge in [0.25, 0.3) is 0 Å². The lowest BCUT2D eigenvalue weighted by molar-refractivity contribution is -0.126. The molecule has 86 valence electrons. The molecule has 6 heteroatoms. The minimum absolute atomic E-state index is 0.300. The molecule has 0 saturated carbocycles. The first-order chi connectivity index (χ1) is 7.49. The summed E-state index contributed by atoms with van der Waals surface area (Å²) in [5.41, 5.74) is 5.94. The second-order valence-electron chi connectivity index (χ2n) is 3.35. The number of hydrogen-bond donors (Lipinski definition) is 2. The van der Waals surface area contributed by atoms with Crippen molar-refractivity contribution in [3.05, 3.63) is 29.0 Å². The quantitative estimate of drug-likeness (QED) is 0.742. The molecule has 0 spiro atoms. The maximum absolute atomic E-state index is 11.1. The lowest BCUT2D eigenvalue weighted by Gasteiger charge is -2.13. The van der Waals surface area contributed by atoms with E-state index in [0.29, 0.717) is 11.6 Å². The van der Waals surface area contributed by atoms with Crippen LogP contribution in [0, 0.1) is 0 Å². The van der Waals surface area contributed by atoms with E-state index < -0.39 is 11.9 Å². The van der Waals surface area contributed by atoms with Crippen LogP contribution in [0.1, 0.15) is 12.5 Å². The summed E-state index contributed by atoms with van der Waals surface area (Å²) >= 11 is 5.62. The highest BCUT2D eigenvalue weighted by atomic mass is 35.5. The minimum Gasteiger partial charge on any atom is -0.368 e. The van der Waals surface area contributed by atoms with Crippen LogP contribution in [-0.4, -0.2) is 22.8 Å². The molecule has 1 rings (SSSR count). The second-order valence-corrected chi connectivity index (χ2v) is 3.74. The van der Waals surface area contributed by atoms with Crippen molar-refractivity contribution in [2.75, 3.05) is 0 Å². The van der Waals surface area contributed by atoms with Crippen molar-refractivity contribution in [2.45, 2.75) is 19.4 Å². The van der Waals surface area contributed by atoms with E-state index in [1.165, 1.54) is 6.92 Å². The van der Waals surface area contributed by atoms with Gasteiger partial charge in [-0.3, -0.25) is 9.59 Å². The molecule has 0 radical (unpaired) electrons. The van der Waals surface area contributed by atoms with Crippen molar-refractivity contribution in [2.24, 2.45) is 5.73 Å². The highest BCUT2D eigenvalue weighted by molar-refractivity contribution is 6.29. The van der Waals surface area contributed by atoms with E-state index >= 15 is 0 Å². The Labute approximate surface area is 98.0 Å². The van der Waals surface area contributed by atoms with Crippen molar-refractivity contribution >= 4 is 23.4 Å². The van der Waals surface area contributed by atoms with Gasteiger partial charge < -0.3 is 11.1 Å². The van der Waals surface area contributed by atoms with Crippen LogP contribution in [0.3, 0.4) is 0 Å². The van der Waals surface area contributed by atoms with Gasteiger partial charge in [0.2, 0.25) is 11.8 Å². The highest BCUT2D eigenvalue weighted by Crippen LogP contribution is 2.07. The Morgan fingerprint density at radius 2 is 2.25 bits per heavy atom. The summed E-state index contributed by atoms with van der Waals surface area (Å²) in [6.45, 7) is 1.33. The van der Waals surface area contributed by atoms with E-state index in [4.69, 9.17) is 17.3 Å². The van der Waals surface area contributed by atoms with Crippen LogP contribution >= 0.6 is 11.6 Å². The van der Waals surface area contributed by atoms with Crippen molar-refractivity contribution < 1.29 is 9.59 Å². The summed E-state index contributed by atoms with van der Waals surface area (Å²) in [6.07, 6.45) is 1.85. The number of nitrogens with zero attached hydrogens (tertiary/aromatic N) is 1. The summed E-state index contributed by atoms with van der Waals surface area (Å²) in [5, 5.41) is 2.84. The highest BCUT2D eigenvalue weighted by Gasteiger charge is 2.16. The Morgan fingerprint density at radius 3 is 2.69 bits per heavy atom. The number of nitrogens with one attached hydrogen (secondary N) is 1. The van der Waals surface area contributed by atoms with E-state index in [1.54, 1.807) is 18.3 Å². The fourth-order valence-electron chi connectivity index (χ4n) is 1.23. The largest absolute Gasteiger partial charge is 0.368 e. The van der Waals surface area contributed by atoms with E-state index in [9.17, 15) is 9.59 Å². The van der Waals surface area contributed by atoms with E-state index in [0.717, 1.165) is 5.56 Å². The Morgan fingerprint density at radius 1 is 1.56 bits per heavy atom. The fraction of sp³-hybridized carbons (Fsp3) is 0.300. The molecule has 1 aromatic rings. The number of hydrogen-bond acceptors (Lipinski definition) is 3. The molecule has 0 aromatic carbocycles. The molecule has 5 nitrogen and oxygen atoms in total. The number of amides is 2. The van der Waals surface area contributed by atoms with Gasteiger partial charge in [-0.2, -0.15) is 0 Å². The van der Waals surface area contributed by atoms with Gasteiger partial charge >= 0.3 is 0 Å². The fourth-order valence-corrected chi connectivity index (χ4v) is 1.34. The first-order valence-electron chi connectivity index (χ1n) is 4.66. The molecule has 1 heterocycles. The first kappa shape index (κ1) is 12.4. The van der Waals surface area contributed by atoms with Gasteiger partial charge in [-0.15, -0.1) is 0 Å². The zero-order chi connectivity index (χ0) is 12.1. The molecule has 0 aliphatic rings. The SMILES string of the molecule is CC(=O)N[C@@H](Cc1ccc(Cl)nc1)C(N)=O. The normalized spacial score (nSPS) is 11.9. The van der Waals surface area contributed by atoms with Crippen LogP contribution in [0.2, 0.25) is 5.15 Å². The van der Waals surface area contributed by atoms with Crippen molar-refractivity contribution in [1.82, 2.24) is 10.3 Å². The average Bonchev–Trinajstić information content (AvgIpc) is 2.19. The number of carbonyl (C=O) groups is 2. The molecule has 1 atom stereocenters. The summed E-state index contributed by atoms with van der Waals surface area (Å²) < 4.78 is 0. The van der Waals surface area contributed by atoms with E-state index in [2.05, 4.69) is 10.3 Å². The van der Waals surface area contributed by atoms with Gasteiger partial charge in [0.1, 0.15) is 11.2 Å². The average molecular weight is 242 g/mol. The first-order valence-corrected chi connectivity index (χ1v) is 5.03. The number of pyridine rings is 1. The van der Waals surface area contributed by atoms with Gasteiger partial charge in [-0.05, 0) is 11.6 Å². The molecule has 0 fully saturated rings. The number of primary amides is 1. The van der Waals surface area contributed by atoms with Crippen LogP contribution < -0.4 is 11.1 Å². The van der Waals surface area contributed by atoms with E-state index in [1.807, 2.05) is 0 Å². The Hall–Kier alpha value is -1.62. The van der Waals surface area contributed by atoms with Gasteiger partial charge in [0, 0.05) is 19.5 Å². The molecule has 0 bridgehead atoms. The molecule has 0 aliphatic heterocycles. The number of aromatic nitrogens is 1. The number of nitrogens with two attached hydrogens (primary N) is 1. The topological polar surface area (TPSA) is 85.1 Å². The molecule has 2 amide bonds. The van der Waals surface area contributed by atoms with Crippen molar-refractivity contribution in [3.63, 3.8) is 0 Å². The number of rotatable bonds is 4. The Balaban J connectivity index is 2.71. The van der Waals surface area contributed by atoms with Crippen LogP contribution in [0.25, 0.3) is 0 Å². The Kier molecular flexibility index (Phi) is 4.25. The van der Waals surface area contributed by atoms with E-state index in [-0.39, 0.29) is 5.91 Å². The zero-order valence-corrected chi connectivity index (χ0v) is 9.49. The maximum Gasteiger partial charge on any atom is 0.240 e. The van der Waals surface area contributed by atoms with Crippen LogP contribution in [0.15, 0.2) is 18.3 Å². The molecule has 3 N–H and O–H groups in total. The van der Waals surface area contributed by atoms with Crippen LogP contribution in [0.4, 0.5) is 0 Å². The number of carbonyl (C=O) groups excluding carboxylic acids is 2. The lowest BCUT2D eigenvalue weighted by atomic mass is 10.1. The Bertz CT molecular complexity index is 392. The summed E-state index contributed by atoms with van der Waals surface area (Å²) in [6, 6.07) is 2.62. The van der Waals surface area contributed by atoms with Crippen LogP contribution in [0.5, 0.6) is 0 Å². The van der Waals surface area contributed by atoms with Crippen molar-refractivity contribution in [1.29, 1.82) is 0 Å². The van der Waals surface area contributed by atoms with Crippen molar-refractivity contribution in [3.8, 4) is 0 Å². The maximum atomic E-state index is 11.1. The predicted molar refractivity (Wildman–Crippen MR) is 59.8 cm³/mol. The third-order valence-corrected chi connectivity index (χ3v) is 2.17. The van der Waals surface area contributed by atoms with Gasteiger partial charge in [0.15, 0.2) is 0 Å². The summed E-state index contributed by atoms with van der Waals surface area (Å²) in [5.74, 6) is -0.879. The van der Waals surface area contributed by atoms with Crippen LogP contribution in [-0.2, 0) is 16.0 Å². The standard InChI is InChI=1S/C10H12ClN3O2/c1-6(15)14-8(10(12)16)4-7-2-3-9(11)13-5-7/h2-3,5,8H,4H2,1H3,(H2,12,16)(H,14,15)/t8-/m0/s1. The molecule has 0 saturated heterocycles. The summed E-state index contributed by atoms with van der Waals surface area (Å²) in [7, 11) is 0. The molecule has 0 unspecified atom stereocenters. The second kappa shape index (κ2) is 5.46. The van der Waals surface area contributed by atoms with Gasteiger partial charge in [-0.1, -0.05) is 17.7 Å². The number of halogens is 1. The van der Waals surface area contributed by atoms with Gasteiger partial charge in [-0.25, -0.2) is 4.98 Å². The van der Waals surface area contributed by atoms with Gasteiger partial charge in [0.05, 0.1) is 0 Å². The molecule has 16 heavy (non-hydrogen) atoms. The molecule has 0 aliphatic carbocycles. The third kappa shape index (κ3) is 3.86. The minimum atomic E-state index is -0.722. The smallest absolute Gasteiger partial charge is 0.240 e. The zero-order valence-electron chi connectivity index (χ0n) is 8.74. The monoisotopic (exact) mass is 241 g/mol. The predicted octanol–water partition coefficient (Wildman–Crippen LogP) is 0.267. The lowest BCUT2D eigenvalue weighted by Crippen LogP contribution is -2.45. The molecule has 1 aromatic heterocycles. The molecular weight excluding hydrogens is 230 g/mol. The molecular formula is C10H12ClN3O2. The summed E-state index contributed by atoms with van der Waals surface area (Å²) in [4.78, 5) is 25.8.